The van der Waals surface area contributed by atoms with E-state index in [-0.39, 0.29) is 0 Å². The van der Waals surface area contributed by atoms with Crippen LogP contribution in [0.2, 0.25) is 0 Å². The summed E-state index contributed by atoms with van der Waals surface area (Å²) in [5.41, 5.74) is 6.09. The Kier molecular flexibility index (Phi) is 6.03. The molecule has 7 nitrogen and oxygen atoms in total. The van der Waals surface area contributed by atoms with Gasteiger partial charge in [0.25, 0.3) is 0 Å². The molecule has 1 aromatic carbocycles. The molecule has 0 saturated carbocycles. The maximum Gasteiger partial charge on any atom is 0.175 e. The topological polar surface area (TPSA) is 88.4 Å². The van der Waals surface area contributed by atoms with Crippen LogP contribution in [0.1, 0.15) is 42.0 Å². The minimum Gasteiger partial charge on any atom is -0.293 e. The zero-order chi connectivity index (χ0) is 22.8. The summed E-state index contributed by atoms with van der Waals surface area (Å²) in [4.78, 5) is 21.6. The Morgan fingerprint density at radius 1 is 1.00 bits per heavy atom. The summed E-state index contributed by atoms with van der Waals surface area (Å²) in [7, 11) is -3.21. The largest absolute Gasteiger partial charge is 0.293 e. The van der Waals surface area contributed by atoms with Gasteiger partial charge in [-0.05, 0) is 43.5 Å². The van der Waals surface area contributed by atoms with Crippen molar-refractivity contribution in [3.8, 4) is 11.3 Å². The highest BCUT2D eigenvalue weighted by atomic mass is 32.2. The van der Waals surface area contributed by atoms with E-state index in [4.69, 9.17) is 9.97 Å². The Morgan fingerprint density at radius 2 is 1.85 bits per heavy atom. The van der Waals surface area contributed by atoms with Gasteiger partial charge in [-0.25, -0.2) is 18.4 Å². The monoisotopic (exact) mass is 461 g/mol. The van der Waals surface area contributed by atoms with E-state index in [1.165, 1.54) is 18.2 Å². The summed E-state index contributed by atoms with van der Waals surface area (Å²) in [6, 6.07) is 12.9. The van der Waals surface area contributed by atoms with Crippen LogP contribution >= 0.6 is 0 Å². The summed E-state index contributed by atoms with van der Waals surface area (Å²) >= 11 is 0. The molecule has 0 unspecified atom stereocenters. The van der Waals surface area contributed by atoms with Gasteiger partial charge in [-0.15, -0.1) is 0 Å². The van der Waals surface area contributed by atoms with Crippen molar-refractivity contribution in [2.75, 3.05) is 19.3 Å². The Labute approximate surface area is 194 Å². The Bertz CT molecular complexity index is 1300. The average molecular weight is 462 g/mol. The predicted molar refractivity (Wildman–Crippen MR) is 128 cm³/mol. The third-order valence-electron chi connectivity index (χ3n) is 6.17. The van der Waals surface area contributed by atoms with Crippen molar-refractivity contribution in [1.29, 1.82) is 0 Å². The minimum atomic E-state index is -3.21. The van der Waals surface area contributed by atoms with Gasteiger partial charge in [0.05, 0.1) is 27.7 Å². The molecule has 0 fully saturated rings. The molecule has 0 N–H and O–H groups in total. The molecule has 3 aromatic rings. The first-order chi connectivity index (χ1) is 16.0. The molecule has 8 heteroatoms. The molecular formula is C25H27N5O2S. The summed E-state index contributed by atoms with van der Waals surface area (Å²) < 4.78 is 23.4. The van der Waals surface area contributed by atoms with Crippen molar-refractivity contribution < 1.29 is 8.42 Å². The first kappa shape index (κ1) is 21.9. The fraction of sp³-hybridized carbons (Fsp3) is 0.360. The number of aromatic nitrogens is 3. The van der Waals surface area contributed by atoms with Gasteiger partial charge in [0.2, 0.25) is 0 Å². The molecule has 2 aliphatic rings. The third kappa shape index (κ3) is 5.02. The van der Waals surface area contributed by atoms with E-state index in [2.05, 4.69) is 14.9 Å². The second-order valence-corrected chi connectivity index (χ2v) is 10.7. The van der Waals surface area contributed by atoms with E-state index in [1.807, 2.05) is 36.5 Å². The molecule has 0 radical (unpaired) electrons. The van der Waals surface area contributed by atoms with Gasteiger partial charge in [0.15, 0.2) is 15.7 Å². The minimum absolute atomic E-state index is 0.315. The molecule has 0 saturated heterocycles. The molecule has 170 valence electrons. The van der Waals surface area contributed by atoms with Gasteiger partial charge in [-0.3, -0.25) is 14.9 Å². The molecule has 2 aliphatic heterocycles. The van der Waals surface area contributed by atoms with Gasteiger partial charge in [0.1, 0.15) is 0 Å². The van der Waals surface area contributed by atoms with Crippen LogP contribution < -0.4 is 0 Å². The SMILES string of the molecule is CS(=O)(=O)c1ccc(-c2cccc(CN3CCc4nc(C5=NCCCC5)ncc4C3)n2)cc1. The number of hydrogen-bond acceptors (Lipinski definition) is 7. The van der Waals surface area contributed by atoms with Gasteiger partial charge < -0.3 is 0 Å². The number of sulfone groups is 1. The molecule has 0 bridgehead atoms. The number of pyridine rings is 1. The standard InChI is InChI=1S/C25H27N5O2S/c1-33(31,32)21-10-8-18(9-11-21)22-7-4-5-20(28-22)17-30-14-12-23-19(16-30)15-27-25(29-23)24-6-2-3-13-26-24/h4-5,7-11,15H,2-3,6,12-14,16-17H2,1H3. The van der Waals surface area contributed by atoms with Crippen LogP contribution in [-0.2, 0) is 29.3 Å². The van der Waals surface area contributed by atoms with E-state index in [9.17, 15) is 8.42 Å². The van der Waals surface area contributed by atoms with Crippen molar-refractivity contribution in [3.05, 3.63) is 71.4 Å². The lowest BCUT2D eigenvalue weighted by atomic mass is 10.1. The van der Waals surface area contributed by atoms with Crippen LogP contribution in [0.5, 0.6) is 0 Å². The van der Waals surface area contributed by atoms with Crippen LogP contribution in [0.4, 0.5) is 0 Å². The first-order valence-corrected chi connectivity index (χ1v) is 13.2. The zero-order valence-corrected chi connectivity index (χ0v) is 19.6. The van der Waals surface area contributed by atoms with E-state index in [0.717, 1.165) is 79.6 Å². The molecule has 5 rings (SSSR count). The van der Waals surface area contributed by atoms with Crippen LogP contribution in [0.3, 0.4) is 0 Å². The van der Waals surface area contributed by atoms with Gasteiger partial charge in [-0.2, -0.15) is 0 Å². The predicted octanol–water partition coefficient (Wildman–Crippen LogP) is 3.47. The second-order valence-electron chi connectivity index (χ2n) is 8.72. The molecule has 2 aromatic heterocycles. The number of aliphatic imine (C=N–C) groups is 1. The lowest BCUT2D eigenvalue weighted by molar-refractivity contribution is 0.240. The lowest BCUT2D eigenvalue weighted by Gasteiger charge is -2.28. The van der Waals surface area contributed by atoms with Gasteiger partial charge in [0, 0.05) is 56.2 Å². The summed E-state index contributed by atoms with van der Waals surface area (Å²) in [6.07, 6.45) is 7.38. The quantitative estimate of drug-likeness (QED) is 0.578. The van der Waals surface area contributed by atoms with Crippen molar-refractivity contribution >= 4 is 15.5 Å². The Hall–Kier alpha value is -2.97. The van der Waals surface area contributed by atoms with E-state index in [1.54, 1.807) is 12.1 Å². The molecule has 0 atom stereocenters. The molecule has 0 spiro atoms. The van der Waals surface area contributed by atoms with Crippen LogP contribution in [0, 0.1) is 0 Å². The van der Waals surface area contributed by atoms with Crippen molar-refractivity contribution in [2.45, 2.75) is 43.7 Å². The van der Waals surface area contributed by atoms with E-state index in [0.29, 0.717) is 4.90 Å². The zero-order valence-electron chi connectivity index (χ0n) is 18.7. The van der Waals surface area contributed by atoms with Crippen LogP contribution in [-0.4, -0.2) is 53.3 Å². The average Bonchev–Trinajstić information content (AvgIpc) is 2.84. The highest BCUT2D eigenvalue weighted by Crippen LogP contribution is 2.23. The highest BCUT2D eigenvalue weighted by molar-refractivity contribution is 7.90. The van der Waals surface area contributed by atoms with Crippen molar-refractivity contribution in [3.63, 3.8) is 0 Å². The smallest absolute Gasteiger partial charge is 0.175 e. The summed E-state index contributed by atoms with van der Waals surface area (Å²) in [5, 5.41) is 0. The summed E-state index contributed by atoms with van der Waals surface area (Å²) in [5.74, 6) is 0.804. The van der Waals surface area contributed by atoms with E-state index < -0.39 is 9.84 Å². The van der Waals surface area contributed by atoms with Crippen LogP contribution in [0.25, 0.3) is 11.3 Å². The van der Waals surface area contributed by atoms with Gasteiger partial charge >= 0.3 is 0 Å². The van der Waals surface area contributed by atoms with E-state index >= 15 is 0 Å². The molecular weight excluding hydrogens is 434 g/mol. The maximum absolute atomic E-state index is 11.7. The van der Waals surface area contributed by atoms with Crippen molar-refractivity contribution in [1.82, 2.24) is 19.9 Å². The Balaban J connectivity index is 1.29. The normalized spacial score (nSPS) is 16.8. The maximum atomic E-state index is 11.7. The second kappa shape index (κ2) is 9.11. The molecule has 33 heavy (non-hydrogen) atoms. The van der Waals surface area contributed by atoms with Crippen molar-refractivity contribution in [2.24, 2.45) is 4.99 Å². The lowest BCUT2D eigenvalue weighted by Crippen LogP contribution is -2.31. The third-order valence-corrected chi connectivity index (χ3v) is 7.29. The fourth-order valence-corrected chi connectivity index (χ4v) is 4.99. The number of nitrogens with zero attached hydrogens (tertiary/aromatic N) is 5. The summed E-state index contributed by atoms with van der Waals surface area (Å²) in [6.45, 7) is 3.35. The highest BCUT2D eigenvalue weighted by Gasteiger charge is 2.21. The first-order valence-electron chi connectivity index (χ1n) is 11.3. The molecule has 0 aliphatic carbocycles. The number of rotatable bonds is 5. The van der Waals surface area contributed by atoms with Gasteiger partial charge in [-0.1, -0.05) is 18.2 Å². The molecule has 4 heterocycles. The molecule has 0 amide bonds. The number of hydrogen-bond donors (Lipinski definition) is 0. The number of fused-ring (bicyclic) bond motifs is 1. The fourth-order valence-electron chi connectivity index (χ4n) is 4.36. The Morgan fingerprint density at radius 3 is 2.61 bits per heavy atom. The number of benzene rings is 1. The van der Waals surface area contributed by atoms with Crippen LogP contribution in [0.15, 0.2) is 58.5 Å².